The molecule has 0 saturated heterocycles. The van der Waals surface area contributed by atoms with Crippen LogP contribution in [0.15, 0.2) is 48.7 Å². The minimum absolute atomic E-state index is 0.00886. The molecule has 1 aromatic heterocycles. The van der Waals surface area contributed by atoms with Crippen molar-refractivity contribution in [1.29, 1.82) is 0 Å². The van der Waals surface area contributed by atoms with Crippen LogP contribution in [0, 0.1) is 5.92 Å². The highest BCUT2D eigenvalue weighted by atomic mass is 16.5. The van der Waals surface area contributed by atoms with Crippen molar-refractivity contribution < 1.29 is 19.4 Å². The predicted molar refractivity (Wildman–Crippen MR) is 133 cm³/mol. The largest absolute Gasteiger partial charge is 0.491 e. The highest BCUT2D eigenvalue weighted by Gasteiger charge is 2.17. The van der Waals surface area contributed by atoms with Gasteiger partial charge in [0, 0.05) is 23.2 Å². The number of carbonyl (C=O) groups excluding carboxylic acids is 1. The van der Waals surface area contributed by atoms with Crippen LogP contribution in [0.4, 0.5) is 5.69 Å². The lowest BCUT2D eigenvalue weighted by molar-refractivity contribution is -0.120. The van der Waals surface area contributed by atoms with Gasteiger partial charge in [0.05, 0.1) is 23.4 Å². The summed E-state index contributed by atoms with van der Waals surface area (Å²) >= 11 is 0. The van der Waals surface area contributed by atoms with E-state index in [0.717, 1.165) is 60.8 Å². The Labute approximate surface area is 195 Å². The van der Waals surface area contributed by atoms with Crippen LogP contribution in [-0.2, 0) is 4.79 Å². The summed E-state index contributed by atoms with van der Waals surface area (Å²) in [5.74, 6) is -0.397. The third-order valence-electron chi connectivity index (χ3n) is 5.95. The third-order valence-corrected chi connectivity index (χ3v) is 5.95. The summed E-state index contributed by atoms with van der Waals surface area (Å²) in [6.07, 6.45) is 7.64. The molecule has 1 heterocycles. The fourth-order valence-electron chi connectivity index (χ4n) is 3.92. The first-order chi connectivity index (χ1) is 16.0. The Hall–Kier alpha value is -3.28. The average molecular weight is 451 g/mol. The van der Waals surface area contributed by atoms with E-state index in [-0.39, 0.29) is 17.4 Å². The number of hydrogen-bond donors (Lipinski definition) is 2. The van der Waals surface area contributed by atoms with Crippen LogP contribution >= 0.6 is 0 Å². The minimum atomic E-state index is -0.988. The number of nitrogens with zero attached hydrogens (tertiary/aromatic N) is 1. The fraction of sp³-hybridized carbons (Fsp3) is 0.407. The van der Waals surface area contributed by atoms with Gasteiger partial charge in [-0.3, -0.25) is 4.79 Å². The second-order valence-electron chi connectivity index (χ2n) is 8.39. The molecule has 1 atom stereocenters. The Morgan fingerprint density at radius 3 is 2.52 bits per heavy atom. The van der Waals surface area contributed by atoms with E-state index < -0.39 is 5.97 Å². The first-order valence-electron chi connectivity index (χ1n) is 11.9. The van der Waals surface area contributed by atoms with Crippen molar-refractivity contribution >= 4 is 28.5 Å². The quantitative estimate of drug-likeness (QED) is 0.302. The van der Waals surface area contributed by atoms with Crippen LogP contribution in [0.5, 0.6) is 5.75 Å². The molecule has 0 aliphatic rings. The predicted octanol–water partition coefficient (Wildman–Crippen LogP) is 6.66. The van der Waals surface area contributed by atoms with Crippen LogP contribution in [0.25, 0.3) is 16.6 Å². The second-order valence-corrected chi connectivity index (χ2v) is 8.39. The Kier molecular flexibility index (Phi) is 8.52. The van der Waals surface area contributed by atoms with Crippen LogP contribution in [0.2, 0.25) is 0 Å². The number of hydrogen-bond acceptors (Lipinski definition) is 3. The lowest BCUT2D eigenvalue weighted by atomic mass is 9.98. The standard InChI is InChI=1S/C27H34N2O4/c1-4-7-9-19(6-3)26(30)28-22-12-10-20-14-15-29(24(20)18-22)23-13-11-21(27(31)32)17-25(23)33-16-8-5-2/h10-15,17-19H,4-9,16H2,1-3H3,(H,28,30)(H,31,32). The number of carboxylic acid groups (broad SMARTS) is 1. The molecule has 33 heavy (non-hydrogen) atoms. The topological polar surface area (TPSA) is 80.6 Å². The summed E-state index contributed by atoms with van der Waals surface area (Å²) < 4.78 is 7.94. The van der Waals surface area contributed by atoms with E-state index >= 15 is 0 Å². The van der Waals surface area contributed by atoms with Gasteiger partial charge in [0.1, 0.15) is 5.75 Å². The van der Waals surface area contributed by atoms with E-state index in [9.17, 15) is 14.7 Å². The summed E-state index contributed by atoms with van der Waals surface area (Å²) in [5, 5.41) is 13.5. The van der Waals surface area contributed by atoms with Gasteiger partial charge in [-0.2, -0.15) is 0 Å². The van der Waals surface area contributed by atoms with Gasteiger partial charge in [-0.05, 0) is 55.7 Å². The molecular formula is C27H34N2O4. The van der Waals surface area contributed by atoms with Gasteiger partial charge in [-0.1, -0.05) is 46.1 Å². The van der Waals surface area contributed by atoms with Gasteiger partial charge in [-0.15, -0.1) is 0 Å². The number of amides is 1. The molecule has 0 spiro atoms. The molecule has 1 unspecified atom stereocenters. The molecule has 176 valence electrons. The molecule has 0 aliphatic carbocycles. The summed E-state index contributed by atoms with van der Waals surface area (Å²) in [6.45, 7) is 6.78. The van der Waals surface area contributed by atoms with E-state index in [2.05, 4.69) is 26.1 Å². The number of ether oxygens (including phenoxy) is 1. The number of aromatic carboxylic acids is 1. The van der Waals surface area contributed by atoms with Gasteiger partial charge in [0.2, 0.25) is 5.91 Å². The summed E-state index contributed by atoms with van der Waals surface area (Å²) in [6, 6.07) is 12.8. The number of rotatable bonds is 12. The molecule has 6 nitrogen and oxygen atoms in total. The lowest BCUT2D eigenvalue weighted by Crippen LogP contribution is -2.22. The molecule has 2 N–H and O–H groups in total. The Balaban J connectivity index is 1.94. The maximum atomic E-state index is 12.8. The van der Waals surface area contributed by atoms with Gasteiger partial charge in [-0.25, -0.2) is 4.79 Å². The zero-order chi connectivity index (χ0) is 23.8. The first-order valence-corrected chi connectivity index (χ1v) is 11.9. The number of unbranched alkanes of at least 4 members (excludes halogenated alkanes) is 2. The first kappa shape index (κ1) is 24.4. The highest BCUT2D eigenvalue weighted by Crippen LogP contribution is 2.31. The van der Waals surface area contributed by atoms with Crippen molar-refractivity contribution in [2.45, 2.75) is 59.3 Å². The van der Waals surface area contributed by atoms with E-state index in [1.54, 1.807) is 18.2 Å². The summed E-state index contributed by atoms with van der Waals surface area (Å²) in [7, 11) is 0. The Morgan fingerprint density at radius 1 is 1.03 bits per heavy atom. The molecule has 0 radical (unpaired) electrons. The average Bonchev–Trinajstić information content (AvgIpc) is 3.22. The van der Waals surface area contributed by atoms with Crippen LogP contribution in [0.3, 0.4) is 0 Å². The summed E-state index contributed by atoms with van der Waals surface area (Å²) in [5.41, 5.74) is 2.62. The molecule has 3 rings (SSSR count). The van der Waals surface area contributed by atoms with Gasteiger partial charge in [0.25, 0.3) is 0 Å². The number of carboxylic acids is 1. The number of carbonyl (C=O) groups is 2. The van der Waals surface area contributed by atoms with Crippen molar-refractivity contribution in [3.05, 3.63) is 54.2 Å². The van der Waals surface area contributed by atoms with Crippen molar-refractivity contribution in [2.75, 3.05) is 11.9 Å². The van der Waals surface area contributed by atoms with Crippen molar-refractivity contribution in [2.24, 2.45) is 5.92 Å². The Bertz CT molecular complexity index is 1100. The maximum absolute atomic E-state index is 12.8. The van der Waals surface area contributed by atoms with Gasteiger partial charge in [0.15, 0.2) is 0 Å². The summed E-state index contributed by atoms with van der Waals surface area (Å²) in [4.78, 5) is 24.3. The van der Waals surface area contributed by atoms with Gasteiger partial charge >= 0.3 is 5.97 Å². The smallest absolute Gasteiger partial charge is 0.335 e. The normalized spacial score (nSPS) is 12.0. The highest BCUT2D eigenvalue weighted by molar-refractivity contribution is 5.95. The Morgan fingerprint density at radius 2 is 1.82 bits per heavy atom. The molecule has 1 amide bonds. The molecule has 2 aromatic carbocycles. The van der Waals surface area contributed by atoms with E-state index in [1.165, 1.54) is 0 Å². The second kappa shape index (κ2) is 11.5. The van der Waals surface area contributed by atoms with Crippen molar-refractivity contribution in [3.63, 3.8) is 0 Å². The molecule has 0 aliphatic heterocycles. The SMILES string of the molecule is CCCCOc1cc(C(=O)O)ccc1-n1ccc2ccc(NC(=O)C(CC)CCCC)cc21. The molecule has 6 heteroatoms. The number of aromatic nitrogens is 1. The van der Waals surface area contributed by atoms with Crippen molar-refractivity contribution in [3.8, 4) is 11.4 Å². The van der Waals surface area contributed by atoms with Crippen LogP contribution < -0.4 is 10.1 Å². The number of benzene rings is 2. The molecular weight excluding hydrogens is 416 g/mol. The monoisotopic (exact) mass is 450 g/mol. The number of fused-ring (bicyclic) bond motifs is 1. The van der Waals surface area contributed by atoms with Gasteiger partial charge < -0.3 is 19.7 Å². The minimum Gasteiger partial charge on any atom is -0.491 e. The molecule has 3 aromatic rings. The maximum Gasteiger partial charge on any atom is 0.335 e. The van der Waals surface area contributed by atoms with Crippen molar-refractivity contribution in [1.82, 2.24) is 4.57 Å². The fourth-order valence-corrected chi connectivity index (χ4v) is 3.92. The zero-order valence-electron chi connectivity index (χ0n) is 19.8. The zero-order valence-corrected chi connectivity index (χ0v) is 19.8. The van der Waals surface area contributed by atoms with E-state index in [1.807, 2.05) is 35.0 Å². The lowest BCUT2D eigenvalue weighted by Gasteiger charge is -2.16. The van der Waals surface area contributed by atoms with E-state index in [0.29, 0.717) is 12.4 Å². The van der Waals surface area contributed by atoms with E-state index in [4.69, 9.17) is 4.74 Å². The van der Waals surface area contributed by atoms with Crippen LogP contribution in [-0.4, -0.2) is 28.2 Å². The third kappa shape index (κ3) is 5.95. The molecule has 0 saturated carbocycles. The van der Waals surface area contributed by atoms with Crippen LogP contribution in [0.1, 0.15) is 69.7 Å². The number of anilines is 1. The number of nitrogens with one attached hydrogen (secondary N) is 1. The molecule has 0 fully saturated rings. The molecule has 0 bridgehead atoms.